The van der Waals surface area contributed by atoms with E-state index in [0.717, 1.165) is 19.6 Å². The molecule has 2 atom stereocenters. The molecule has 1 aromatic rings. The second-order valence-electron chi connectivity index (χ2n) is 6.15. The van der Waals surface area contributed by atoms with Crippen LogP contribution in [0.5, 0.6) is 0 Å². The molecule has 2 saturated heterocycles. The fourth-order valence-corrected chi connectivity index (χ4v) is 3.46. The van der Waals surface area contributed by atoms with Crippen molar-refractivity contribution in [1.29, 1.82) is 0 Å². The van der Waals surface area contributed by atoms with Crippen LogP contribution in [-0.2, 0) is 11.3 Å². The van der Waals surface area contributed by atoms with Crippen molar-refractivity contribution in [3.8, 4) is 0 Å². The van der Waals surface area contributed by atoms with Crippen LogP contribution in [0.1, 0.15) is 26.2 Å². The summed E-state index contributed by atoms with van der Waals surface area (Å²) in [4.78, 5) is 27.0. The average Bonchev–Trinajstić information content (AvgIpc) is 3.12. The van der Waals surface area contributed by atoms with Crippen molar-refractivity contribution in [2.24, 2.45) is 0 Å². The van der Waals surface area contributed by atoms with Crippen molar-refractivity contribution >= 4 is 11.6 Å². The number of carbonyl (C=O) groups is 1. The van der Waals surface area contributed by atoms with Crippen molar-refractivity contribution in [2.75, 3.05) is 19.6 Å². The summed E-state index contributed by atoms with van der Waals surface area (Å²) in [5.41, 5.74) is -0.0413. The van der Waals surface area contributed by atoms with E-state index in [1.54, 1.807) is 0 Å². The number of carbonyl (C=O) groups excluding carboxylic acids is 1. The molecule has 0 N–H and O–H groups in total. The zero-order chi connectivity index (χ0) is 15.7. The number of nitrogens with zero attached hydrogens (tertiary/aromatic N) is 5. The van der Waals surface area contributed by atoms with Crippen LogP contribution >= 0.6 is 0 Å². The topological polar surface area (TPSA) is 84.5 Å². The van der Waals surface area contributed by atoms with Crippen molar-refractivity contribution in [3.63, 3.8) is 0 Å². The first-order valence-corrected chi connectivity index (χ1v) is 7.75. The lowest BCUT2D eigenvalue weighted by Gasteiger charge is -2.42. The number of hydrogen-bond donors (Lipinski definition) is 0. The molecular formula is C14H21N5O3. The number of aryl methyl sites for hydroxylation is 1. The molecule has 0 spiro atoms. The Kier molecular flexibility index (Phi) is 4.10. The van der Waals surface area contributed by atoms with Crippen molar-refractivity contribution in [3.05, 3.63) is 22.5 Å². The number of amides is 1. The molecule has 0 aliphatic carbocycles. The maximum absolute atomic E-state index is 12.4. The molecule has 3 heterocycles. The lowest BCUT2D eigenvalue weighted by Crippen LogP contribution is -2.56. The van der Waals surface area contributed by atoms with Crippen LogP contribution in [0, 0.1) is 10.1 Å². The van der Waals surface area contributed by atoms with E-state index in [2.05, 4.69) is 16.9 Å². The monoisotopic (exact) mass is 307 g/mol. The molecule has 2 aliphatic heterocycles. The molecule has 0 saturated carbocycles. The number of hydrogen-bond acceptors (Lipinski definition) is 5. The molecule has 2 aliphatic rings. The van der Waals surface area contributed by atoms with Crippen molar-refractivity contribution in [1.82, 2.24) is 19.6 Å². The maximum Gasteiger partial charge on any atom is 0.306 e. The van der Waals surface area contributed by atoms with E-state index >= 15 is 0 Å². The Balaban J connectivity index is 1.55. The fourth-order valence-electron chi connectivity index (χ4n) is 3.46. The van der Waals surface area contributed by atoms with Gasteiger partial charge < -0.3 is 4.90 Å². The maximum atomic E-state index is 12.4. The van der Waals surface area contributed by atoms with Crippen molar-refractivity contribution < 1.29 is 9.72 Å². The van der Waals surface area contributed by atoms with Crippen LogP contribution in [0.3, 0.4) is 0 Å². The summed E-state index contributed by atoms with van der Waals surface area (Å²) in [6, 6.07) is 0.736. The van der Waals surface area contributed by atoms with Crippen LogP contribution < -0.4 is 0 Å². The lowest BCUT2D eigenvalue weighted by molar-refractivity contribution is -0.385. The average molecular weight is 307 g/mol. The number of aromatic nitrogens is 2. The molecule has 8 nitrogen and oxygen atoms in total. The molecular weight excluding hydrogens is 286 g/mol. The summed E-state index contributed by atoms with van der Waals surface area (Å²) in [6.45, 7) is 5.37. The minimum atomic E-state index is -0.479. The Morgan fingerprint density at radius 1 is 1.50 bits per heavy atom. The van der Waals surface area contributed by atoms with E-state index in [4.69, 9.17) is 0 Å². The van der Waals surface area contributed by atoms with Gasteiger partial charge in [0.1, 0.15) is 12.4 Å². The number of piperazine rings is 1. The van der Waals surface area contributed by atoms with E-state index in [1.807, 2.05) is 4.90 Å². The second-order valence-corrected chi connectivity index (χ2v) is 6.15. The molecule has 1 aromatic heterocycles. The van der Waals surface area contributed by atoms with E-state index in [9.17, 15) is 14.9 Å². The molecule has 1 amide bonds. The molecule has 22 heavy (non-hydrogen) atoms. The molecule has 0 unspecified atom stereocenters. The van der Waals surface area contributed by atoms with Crippen molar-refractivity contribution in [2.45, 2.75) is 44.8 Å². The van der Waals surface area contributed by atoms with Gasteiger partial charge in [-0.25, -0.2) is 0 Å². The Morgan fingerprint density at radius 3 is 3.05 bits per heavy atom. The lowest BCUT2D eigenvalue weighted by atomic mass is 10.1. The van der Waals surface area contributed by atoms with Crippen LogP contribution in [0.2, 0.25) is 0 Å². The second kappa shape index (κ2) is 6.04. The molecule has 120 valence electrons. The molecule has 8 heteroatoms. The van der Waals surface area contributed by atoms with Crippen LogP contribution in [0.15, 0.2) is 12.4 Å². The highest BCUT2D eigenvalue weighted by molar-refractivity contribution is 5.76. The van der Waals surface area contributed by atoms with Gasteiger partial charge in [-0.1, -0.05) is 0 Å². The molecule has 0 aromatic carbocycles. The van der Waals surface area contributed by atoms with Gasteiger partial charge in [0.05, 0.1) is 4.92 Å². The van der Waals surface area contributed by atoms with E-state index in [1.165, 1.54) is 29.9 Å². The molecule has 3 rings (SSSR count). The van der Waals surface area contributed by atoms with Gasteiger partial charge in [0.25, 0.3) is 0 Å². The summed E-state index contributed by atoms with van der Waals surface area (Å²) in [5.74, 6) is 0.109. The van der Waals surface area contributed by atoms with Gasteiger partial charge in [-0.3, -0.25) is 24.5 Å². The third-order valence-corrected chi connectivity index (χ3v) is 4.64. The van der Waals surface area contributed by atoms with E-state index in [-0.39, 0.29) is 17.6 Å². The predicted molar refractivity (Wildman–Crippen MR) is 79.3 cm³/mol. The standard InChI is InChI=1S/C14H21N5O3/c1-11-8-16-5-2-3-12(16)10-18(11)14(20)4-6-17-9-13(7-15-17)19(21)22/h7,9,11-12H,2-6,8,10H2,1H3/t11-,12+/m1/s1. The molecule has 0 bridgehead atoms. The van der Waals surface area contributed by atoms with Crippen LogP contribution in [0.25, 0.3) is 0 Å². The van der Waals surface area contributed by atoms with Gasteiger partial charge in [0.2, 0.25) is 5.91 Å². The Hall–Kier alpha value is -1.96. The highest BCUT2D eigenvalue weighted by Gasteiger charge is 2.36. The first-order chi connectivity index (χ1) is 10.5. The number of nitro groups is 1. The number of rotatable bonds is 4. The van der Waals surface area contributed by atoms with Crippen LogP contribution in [0.4, 0.5) is 5.69 Å². The van der Waals surface area contributed by atoms with Gasteiger partial charge in [0, 0.05) is 38.1 Å². The van der Waals surface area contributed by atoms with Gasteiger partial charge in [-0.2, -0.15) is 5.10 Å². The molecule has 0 radical (unpaired) electrons. The smallest absolute Gasteiger partial charge is 0.306 e. The number of fused-ring (bicyclic) bond motifs is 1. The predicted octanol–water partition coefficient (Wildman–Crippen LogP) is 0.876. The van der Waals surface area contributed by atoms with Gasteiger partial charge in [-0.05, 0) is 26.3 Å². The Labute approximate surface area is 128 Å². The largest absolute Gasteiger partial charge is 0.337 e. The SMILES string of the molecule is C[C@@H]1CN2CCC[C@H]2CN1C(=O)CCn1cc([N+](=O)[O-])cn1. The highest BCUT2D eigenvalue weighted by atomic mass is 16.6. The summed E-state index contributed by atoms with van der Waals surface area (Å²) in [5, 5.41) is 14.5. The normalized spacial score (nSPS) is 25.2. The summed E-state index contributed by atoms with van der Waals surface area (Å²) in [7, 11) is 0. The van der Waals surface area contributed by atoms with Gasteiger partial charge in [-0.15, -0.1) is 0 Å². The van der Waals surface area contributed by atoms with Gasteiger partial charge in [0.15, 0.2) is 0 Å². The summed E-state index contributed by atoms with van der Waals surface area (Å²) >= 11 is 0. The minimum Gasteiger partial charge on any atom is -0.337 e. The first kappa shape index (κ1) is 15.0. The zero-order valence-corrected chi connectivity index (χ0v) is 12.7. The molecule has 2 fully saturated rings. The Morgan fingerprint density at radius 2 is 2.32 bits per heavy atom. The summed E-state index contributed by atoms with van der Waals surface area (Å²) in [6.07, 6.45) is 5.30. The fraction of sp³-hybridized carbons (Fsp3) is 0.714. The van der Waals surface area contributed by atoms with E-state index < -0.39 is 4.92 Å². The zero-order valence-electron chi connectivity index (χ0n) is 12.7. The third-order valence-electron chi connectivity index (χ3n) is 4.64. The van der Waals surface area contributed by atoms with Crippen LogP contribution in [-0.4, -0.2) is 62.1 Å². The Bertz CT molecular complexity index is 573. The summed E-state index contributed by atoms with van der Waals surface area (Å²) < 4.78 is 1.46. The third kappa shape index (κ3) is 2.96. The quantitative estimate of drug-likeness (QED) is 0.609. The van der Waals surface area contributed by atoms with Gasteiger partial charge >= 0.3 is 5.69 Å². The van der Waals surface area contributed by atoms with E-state index in [0.29, 0.717) is 19.0 Å². The first-order valence-electron chi connectivity index (χ1n) is 7.75. The highest BCUT2D eigenvalue weighted by Crippen LogP contribution is 2.25. The minimum absolute atomic E-state index is 0.0413.